The molecule has 3 aromatic carbocycles. The Bertz CT molecular complexity index is 1800. The van der Waals surface area contributed by atoms with Crippen molar-refractivity contribution in [3.63, 3.8) is 0 Å². The second-order valence-electron chi connectivity index (χ2n) is 8.83. The molecule has 220 valence electrons. The van der Waals surface area contributed by atoms with Gasteiger partial charge >= 0.3 is 12.1 Å². The predicted molar refractivity (Wildman–Crippen MR) is 154 cm³/mol. The summed E-state index contributed by atoms with van der Waals surface area (Å²) in [5.41, 5.74) is 2.84. The molecule has 4 N–H and O–H groups in total. The van der Waals surface area contributed by atoms with Crippen LogP contribution < -0.4 is 16.0 Å². The van der Waals surface area contributed by atoms with Crippen LogP contribution in [0, 0.1) is 5.82 Å². The van der Waals surface area contributed by atoms with Crippen molar-refractivity contribution in [1.29, 1.82) is 0 Å². The number of hydrogen-bond acceptors (Lipinski definition) is 7. The van der Waals surface area contributed by atoms with Crippen molar-refractivity contribution in [3.05, 3.63) is 97.7 Å². The van der Waals surface area contributed by atoms with Gasteiger partial charge in [-0.3, -0.25) is 9.48 Å². The minimum absolute atomic E-state index is 0.143. The quantitative estimate of drug-likeness (QED) is 0.126. The van der Waals surface area contributed by atoms with E-state index in [9.17, 15) is 22.4 Å². The Hall–Kier alpha value is -5.79. The molecule has 0 atom stereocenters. The summed E-state index contributed by atoms with van der Waals surface area (Å²) in [5, 5.41) is 22.2. The van der Waals surface area contributed by atoms with E-state index >= 15 is 0 Å². The minimum atomic E-state index is -5.08. The Kier molecular flexibility index (Phi) is 8.99. The van der Waals surface area contributed by atoms with Gasteiger partial charge in [0.05, 0.1) is 17.6 Å². The molecule has 43 heavy (non-hydrogen) atoms. The van der Waals surface area contributed by atoms with Crippen LogP contribution in [0.25, 0.3) is 21.9 Å². The first-order chi connectivity index (χ1) is 20.4. The normalized spacial score (nSPS) is 10.8. The lowest BCUT2D eigenvalue weighted by molar-refractivity contribution is -0.192. The van der Waals surface area contributed by atoms with Crippen LogP contribution in [0.15, 0.2) is 91.9 Å². The maximum atomic E-state index is 14.8. The lowest BCUT2D eigenvalue weighted by Crippen LogP contribution is -2.21. The van der Waals surface area contributed by atoms with Gasteiger partial charge in [0, 0.05) is 30.7 Å². The highest BCUT2D eigenvalue weighted by atomic mass is 19.4. The third-order valence-electron chi connectivity index (χ3n) is 5.74. The van der Waals surface area contributed by atoms with Gasteiger partial charge in [-0.25, -0.2) is 14.2 Å². The van der Waals surface area contributed by atoms with Crippen LogP contribution in [0.4, 0.5) is 46.4 Å². The number of aliphatic carboxylic acids is 1. The van der Waals surface area contributed by atoms with Gasteiger partial charge in [-0.15, -0.1) is 0 Å². The second kappa shape index (κ2) is 12.8. The molecule has 10 nitrogen and oxygen atoms in total. The smallest absolute Gasteiger partial charge is 0.475 e. The Balaban J connectivity index is 0.000000541. The number of carboxylic acid groups (broad SMARTS) is 1. The van der Waals surface area contributed by atoms with E-state index in [1.54, 1.807) is 23.3 Å². The zero-order chi connectivity index (χ0) is 31.1. The lowest BCUT2D eigenvalue weighted by Gasteiger charge is -2.15. The Morgan fingerprint density at radius 3 is 2.37 bits per heavy atom. The first-order valence-electron chi connectivity index (χ1n) is 12.4. The van der Waals surface area contributed by atoms with Crippen LogP contribution in [-0.4, -0.2) is 42.9 Å². The molecular formula is C29H23F4N7O3. The van der Waals surface area contributed by atoms with Gasteiger partial charge in [-0.1, -0.05) is 49.0 Å². The molecule has 0 bridgehead atoms. The van der Waals surface area contributed by atoms with Crippen molar-refractivity contribution in [3.8, 4) is 11.1 Å². The number of fused-ring (bicyclic) bond motifs is 1. The molecule has 0 saturated heterocycles. The van der Waals surface area contributed by atoms with Gasteiger partial charge < -0.3 is 21.1 Å². The number of aromatic nitrogens is 4. The van der Waals surface area contributed by atoms with Crippen molar-refractivity contribution in [1.82, 2.24) is 19.7 Å². The Morgan fingerprint density at radius 2 is 1.70 bits per heavy atom. The topological polar surface area (TPSA) is 134 Å². The van der Waals surface area contributed by atoms with E-state index in [1.807, 2.05) is 49.5 Å². The number of rotatable bonds is 7. The lowest BCUT2D eigenvalue weighted by atomic mass is 9.99. The summed E-state index contributed by atoms with van der Waals surface area (Å²) in [6.07, 6.45) is 1.20. The van der Waals surface area contributed by atoms with Crippen molar-refractivity contribution < 1.29 is 32.3 Å². The molecule has 0 aliphatic rings. The van der Waals surface area contributed by atoms with Crippen LogP contribution >= 0.6 is 0 Å². The fourth-order valence-corrected chi connectivity index (χ4v) is 3.83. The van der Waals surface area contributed by atoms with Crippen molar-refractivity contribution in [2.24, 2.45) is 7.05 Å². The van der Waals surface area contributed by atoms with Gasteiger partial charge in [-0.2, -0.15) is 23.3 Å². The molecule has 0 fully saturated rings. The highest BCUT2D eigenvalue weighted by Gasteiger charge is 2.38. The zero-order valence-electron chi connectivity index (χ0n) is 22.4. The fourth-order valence-electron chi connectivity index (χ4n) is 3.83. The number of amides is 1. The molecular weight excluding hydrogens is 570 g/mol. The summed E-state index contributed by atoms with van der Waals surface area (Å²) < 4.78 is 48.2. The molecule has 5 rings (SSSR count). The summed E-state index contributed by atoms with van der Waals surface area (Å²) in [7, 11) is 1.81. The monoisotopic (exact) mass is 593 g/mol. The standard InChI is InChI=1S/C27H22FN7O.C2HF3O2/c1-3-25(36)31-18-11-12-23(28)24(13-18)33-26-22(21-10-6-8-17-7-4-5-9-20(17)21)15-29-27(34-26)32-19-14-30-35(2)16-19;3-2(4,5)1(6)7/h3-16H,1H2,2H3,(H,31,36)(H2,29,32,33,34);(H,6,7). The average Bonchev–Trinajstić information content (AvgIpc) is 3.38. The summed E-state index contributed by atoms with van der Waals surface area (Å²) in [6.45, 7) is 3.45. The number of alkyl halides is 3. The van der Waals surface area contributed by atoms with Gasteiger partial charge in [-0.05, 0) is 40.6 Å². The number of aryl methyl sites for hydroxylation is 1. The van der Waals surface area contributed by atoms with Crippen LogP contribution in [0.2, 0.25) is 0 Å². The maximum Gasteiger partial charge on any atom is 0.490 e. The molecule has 14 heteroatoms. The zero-order valence-corrected chi connectivity index (χ0v) is 22.4. The average molecular weight is 594 g/mol. The number of nitrogens with one attached hydrogen (secondary N) is 3. The van der Waals surface area contributed by atoms with Crippen molar-refractivity contribution in [2.45, 2.75) is 6.18 Å². The summed E-state index contributed by atoms with van der Waals surface area (Å²) >= 11 is 0. The summed E-state index contributed by atoms with van der Waals surface area (Å²) in [4.78, 5) is 29.8. The minimum Gasteiger partial charge on any atom is -0.475 e. The number of carboxylic acids is 1. The van der Waals surface area contributed by atoms with Gasteiger partial charge in [0.15, 0.2) is 0 Å². The molecule has 0 radical (unpaired) electrons. The summed E-state index contributed by atoms with van der Waals surface area (Å²) in [5.74, 6) is -2.96. The molecule has 5 aromatic rings. The first kappa shape index (κ1) is 30.2. The largest absolute Gasteiger partial charge is 0.490 e. The van der Waals surface area contributed by atoms with Crippen LogP contribution in [0.3, 0.4) is 0 Å². The van der Waals surface area contributed by atoms with Crippen LogP contribution in [0.1, 0.15) is 0 Å². The molecule has 0 spiro atoms. The Morgan fingerprint density at radius 1 is 0.977 bits per heavy atom. The van der Waals surface area contributed by atoms with Gasteiger partial charge in [0.25, 0.3) is 0 Å². The first-order valence-corrected chi connectivity index (χ1v) is 12.4. The van der Waals surface area contributed by atoms with Crippen molar-refractivity contribution in [2.75, 3.05) is 16.0 Å². The highest BCUT2D eigenvalue weighted by Crippen LogP contribution is 2.35. The predicted octanol–water partition coefficient (Wildman–Crippen LogP) is 6.41. The number of nitrogens with zero attached hydrogens (tertiary/aromatic N) is 4. The number of benzene rings is 3. The van der Waals surface area contributed by atoms with E-state index in [0.29, 0.717) is 28.7 Å². The number of hydrogen-bond donors (Lipinski definition) is 4. The van der Waals surface area contributed by atoms with Gasteiger partial charge in [0.1, 0.15) is 11.6 Å². The van der Waals surface area contributed by atoms with E-state index in [1.165, 1.54) is 18.2 Å². The van der Waals surface area contributed by atoms with Crippen molar-refractivity contribution >= 4 is 51.5 Å². The van der Waals surface area contributed by atoms with E-state index in [2.05, 4.69) is 37.6 Å². The van der Waals surface area contributed by atoms with E-state index < -0.39 is 23.9 Å². The van der Waals surface area contributed by atoms with E-state index in [4.69, 9.17) is 9.90 Å². The van der Waals surface area contributed by atoms with Crippen LogP contribution in [-0.2, 0) is 16.6 Å². The maximum absolute atomic E-state index is 14.8. The molecule has 2 aromatic heterocycles. The Labute approximate surface area is 241 Å². The second-order valence-corrected chi connectivity index (χ2v) is 8.83. The molecule has 0 saturated carbocycles. The number of carbonyl (C=O) groups excluding carboxylic acids is 1. The molecule has 0 aliphatic carbocycles. The molecule has 2 heterocycles. The molecule has 0 unspecified atom stereocenters. The third kappa shape index (κ3) is 7.70. The number of halogens is 4. The SMILES string of the molecule is C=CC(=O)Nc1ccc(F)c(Nc2nc(Nc3cnn(C)c3)ncc2-c2cccc3ccccc23)c1.O=C(O)C(F)(F)F. The highest BCUT2D eigenvalue weighted by molar-refractivity contribution is 6.00. The number of carbonyl (C=O) groups is 2. The van der Waals surface area contributed by atoms with E-state index in [0.717, 1.165) is 22.4 Å². The van der Waals surface area contributed by atoms with Gasteiger partial charge in [0.2, 0.25) is 11.9 Å². The number of anilines is 5. The van der Waals surface area contributed by atoms with Crippen LogP contribution in [0.5, 0.6) is 0 Å². The fraction of sp³-hybridized carbons (Fsp3) is 0.0690. The van der Waals surface area contributed by atoms with E-state index in [-0.39, 0.29) is 5.69 Å². The molecule has 1 amide bonds. The third-order valence-corrected chi connectivity index (χ3v) is 5.74. The summed E-state index contributed by atoms with van der Waals surface area (Å²) in [6, 6.07) is 18.2. The molecule has 0 aliphatic heterocycles.